The number of halogens is 9. The topological polar surface area (TPSA) is 38.3 Å². The summed E-state index contributed by atoms with van der Waals surface area (Å²) in [7, 11) is 0. The Morgan fingerprint density at radius 2 is 1.65 bits per heavy atom. The lowest BCUT2D eigenvalue weighted by Gasteiger charge is -2.17. The second kappa shape index (κ2) is 6.82. The molecule has 12 heteroatoms. The van der Waals surface area contributed by atoms with Crippen molar-refractivity contribution in [2.24, 2.45) is 0 Å². The van der Waals surface area contributed by atoms with Crippen LogP contribution in [0.25, 0.3) is 0 Å². The van der Waals surface area contributed by atoms with Crippen molar-refractivity contribution in [2.75, 3.05) is 11.9 Å². The number of rotatable bonds is 3. The second-order valence-corrected chi connectivity index (χ2v) is 6.35. The predicted octanol–water partition coefficient (Wildman–Crippen LogP) is 4.96. The summed E-state index contributed by atoms with van der Waals surface area (Å²) in [5.74, 6) is -2.03. The molecule has 0 aliphatic rings. The average Bonchev–Trinajstić information content (AvgIpc) is 2.33. The van der Waals surface area contributed by atoms with E-state index >= 15 is 0 Å². The van der Waals surface area contributed by atoms with Crippen molar-refractivity contribution in [1.82, 2.24) is 0 Å². The number of benzene rings is 1. The molecule has 0 bridgehead atoms. The van der Waals surface area contributed by atoms with Gasteiger partial charge >= 0.3 is 12.4 Å². The number of anilines is 1. The van der Waals surface area contributed by atoms with E-state index < -0.39 is 45.7 Å². The molecule has 0 unspecified atom stereocenters. The molecule has 1 aromatic rings. The molecule has 130 valence electrons. The highest BCUT2D eigenvalue weighted by Crippen LogP contribution is 2.37. The predicted molar refractivity (Wildman–Crippen MR) is 71.9 cm³/mol. The Hall–Kier alpha value is -1.06. The molecule has 1 N–H and O–H groups in total. The average molecular weight is 405 g/mol. The molecule has 0 aliphatic heterocycles. The first-order chi connectivity index (χ1) is 10.2. The smallest absolute Gasteiger partial charge is 0.422 e. The Balaban J connectivity index is 3.16. The zero-order chi connectivity index (χ0) is 18.1. The maximum atomic E-state index is 12.6. The van der Waals surface area contributed by atoms with Gasteiger partial charge in [-0.15, -0.1) is 0 Å². The van der Waals surface area contributed by atoms with Gasteiger partial charge in [0.25, 0.3) is 9.70 Å². The van der Waals surface area contributed by atoms with Crippen LogP contribution in [0.4, 0.5) is 32.0 Å². The first-order valence-electron chi connectivity index (χ1n) is 5.49. The molecule has 1 rings (SSSR count). The van der Waals surface area contributed by atoms with Gasteiger partial charge in [-0.25, -0.2) is 0 Å². The van der Waals surface area contributed by atoms with E-state index in [1.54, 1.807) is 5.32 Å². The number of carbonyl (C=O) groups is 1. The molecule has 0 radical (unpaired) electrons. The van der Waals surface area contributed by atoms with Crippen LogP contribution in [0, 0.1) is 0 Å². The van der Waals surface area contributed by atoms with Crippen LogP contribution >= 0.6 is 34.8 Å². The van der Waals surface area contributed by atoms with Gasteiger partial charge in [-0.2, -0.15) is 26.3 Å². The summed E-state index contributed by atoms with van der Waals surface area (Å²) in [5.41, 5.74) is -1.96. The van der Waals surface area contributed by atoms with Crippen LogP contribution in [0.1, 0.15) is 5.56 Å². The summed E-state index contributed by atoms with van der Waals surface area (Å²) in [6, 6.07) is 1.46. The van der Waals surface area contributed by atoms with Crippen LogP contribution in [0.5, 0.6) is 5.75 Å². The maximum Gasteiger partial charge on any atom is 0.422 e. The summed E-state index contributed by atoms with van der Waals surface area (Å²) in [6.07, 6.45) is -9.54. The fourth-order valence-electron chi connectivity index (χ4n) is 1.28. The molecule has 0 aromatic heterocycles. The van der Waals surface area contributed by atoms with E-state index in [9.17, 15) is 31.1 Å². The van der Waals surface area contributed by atoms with E-state index in [1.807, 2.05) is 0 Å². The van der Waals surface area contributed by atoms with Crippen molar-refractivity contribution in [1.29, 1.82) is 0 Å². The molecule has 1 aromatic carbocycles. The molecular weight excluding hydrogens is 398 g/mol. The Morgan fingerprint density at radius 1 is 1.09 bits per heavy atom. The molecule has 3 nitrogen and oxygen atoms in total. The first kappa shape index (κ1) is 20.0. The van der Waals surface area contributed by atoms with E-state index in [0.717, 1.165) is 0 Å². The molecule has 23 heavy (non-hydrogen) atoms. The van der Waals surface area contributed by atoms with Gasteiger partial charge in [0.1, 0.15) is 5.75 Å². The van der Waals surface area contributed by atoms with Crippen molar-refractivity contribution in [3.63, 3.8) is 0 Å². The number of nitrogens with one attached hydrogen (secondary N) is 1. The number of ether oxygens (including phenoxy) is 1. The van der Waals surface area contributed by atoms with E-state index in [0.29, 0.717) is 18.2 Å². The summed E-state index contributed by atoms with van der Waals surface area (Å²) in [6.45, 7) is -1.78. The molecule has 0 spiro atoms. The van der Waals surface area contributed by atoms with Crippen LogP contribution in [0.2, 0.25) is 0 Å². The van der Waals surface area contributed by atoms with Gasteiger partial charge in [0.2, 0.25) is 0 Å². The van der Waals surface area contributed by atoms with Crippen molar-refractivity contribution >= 4 is 46.4 Å². The third-order valence-corrected chi connectivity index (χ3v) is 2.72. The normalized spacial score (nSPS) is 12.9. The Morgan fingerprint density at radius 3 is 2.09 bits per heavy atom. The SMILES string of the molecule is O=C(Nc1cc(C(F)(F)F)ccc1OCC(F)(F)F)C(Cl)(Cl)Cl. The van der Waals surface area contributed by atoms with Crippen LogP contribution < -0.4 is 10.1 Å². The van der Waals surface area contributed by atoms with Gasteiger partial charge < -0.3 is 10.1 Å². The quantitative estimate of drug-likeness (QED) is 0.571. The van der Waals surface area contributed by atoms with Crippen molar-refractivity contribution < 1.29 is 35.9 Å². The van der Waals surface area contributed by atoms with Gasteiger partial charge in [-0.05, 0) is 18.2 Å². The summed E-state index contributed by atoms with van der Waals surface area (Å²) < 4.78 is 76.1. The number of amides is 1. The minimum atomic E-state index is -4.80. The summed E-state index contributed by atoms with van der Waals surface area (Å²) >= 11 is 15.7. The van der Waals surface area contributed by atoms with Gasteiger partial charge in [0.15, 0.2) is 6.61 Å². The molecular formula is C11H6Cl3F6NO2. The second-order valence-electron chi connectivity index (χ2n) is 4.06. The summed E-state index contributed by atoms with van der Waals surface area (Å²) in [5, 5.41) is 1.77. The van der Waals surface area contributed by atoms with Crippen molar-refractivity contribution in [2.45, 2.75) is 16.1 Å². The monoisotopic (exact) mass is 403 g/mol. The van der Waals surface area contributed by atoms with Crippen molar-refractivity contribution in [3.05, 3.63) is 23.8 Å². The van der Waals surface area contributed by atoms with E-state index in [-0.39, 0.29) is 0 Å². The van der Waals surface area contributed by atoms with E-state index in [2.05, 4.69) is 4.74 Å². The third kappa shape index (κ3) is 6.52. The molecule has 0 heterocycles. The first-order valence-corrected chi connectivity index (χ1v) is 6.62. The standard InChI is InChI=1S/C11H6Cl3F6NO2/c12-10(13,14)8(22)21-6-3-5(11(18,19)20)1-2-7(6)23-4-9(15,16)17/h1-3H,4H2,(H,21,22). The Labute approximate surface area is 140 Å². The molecule has 0 saturated carbocycles. The lowest BCUT2D eigenvalue weighted by atomic mass is 10.1. The highest BCUT2D eigenvalue weighted by atomic mass is 35.6. The fraction of sp³-hybridized carbons (Fsp3) is 0.364. The molecule has 1 amide bonds. The zero-order valence-corrected chi connectivity index (χ0v) is 12.9. The third-order valence-electron chi connectivity index (χ3n) is 2.20. The fourth-order valence-corrected chi connectivity index (χ4v) is 1.42. The zero-order valence-electron chi connectivity index (χ0n) is 10.7. The van der Waals surface area contributed by atoms with E-state index in [4.69, 9.17) is 34.8 Å². The van der Waals surface area contributed by atoms with Gasteiger partial charge in [-0.1, -0.05) is 34.8 Å². The van der Waals surface area contributed by atoms with Crippen LogP contribution in [0.15, 0.2) is 18.2 Å². The van der Waals surface area contributed by atoms with Crippen molar-refractivity contribution in [3.8, 4) is 5.75 Å². The van der Waals surface area contributed by atoms with Gasteiger partial charge in [-0.3, -0.25) is 4.79 Å². The minimum absolute atomic E-state index is 0.361. The molecule has 0 aliphatic carbocycles. The Bertz CT molecular complexity index is 583. The number of alkyl halides is 9. The lowest BCUT2D eigenvalue weighted by molar-refractivity contribution is -0.153. The molecule has 0 fully saturated rings. The van der Waals surface area contributed by atoms with Crippen LogP contribution in [0.3, 0.4) is 0 Å². The lowest BCUT2D eigenvalue weighted by Crippen LogP contribution is -2.28. The largest absolute Gasteiger partial charge is 0.482 e. The van der Waals surface area contributed by atoms with Gasteiger partial charge in [0, 0.05) is 0 Å². The maximum absolute atomic E-state index is 12.6. The van der Waals surface area contributed by atoms with Crippen LogP contribution in [-0.2, 0) is 11.0 Å². The van der Waals surface area contributed by atoms with E-state index in [1.165, 1.54) is 0 Å². The Kier molecular flexibility index (Phi) is 5.93. The summed E-state index contributed by atoms with van der Waals surface area (Å²) in [4.78, 5) is 11.5. The minimum Gasteiger partial charge on any atom is -0.482 e. The highest BCUT2D eigenvalue weighted by Gasteiger charge is 2.35. The highest BCUT2D eigenvalue weighted by molar-refractivity contribution is 6.76. The van der Waals surface area contributed by atoms with Crippen LogP contribution in [-0.4, -0.2) is 22.5 Å². The number of carbonyl (C=O) groups excluding carboxylic acids is 1. The molecule has 0 saturated heterocycles. The van der Waals surface area contributed by atoms with Gasteiger partial charge in [0.05, 0.1) is 11.3 Å². The number of hydrogen-bond acceptors (Lipinski definition) is 2. The molecule has 0 atom stereocenters. The number of hydrogen-bond donors (Lipinski definition) is 1.